The maximum absolute atomic E-state index is 14.0. The Kier molecular flexibility index (Phi) is 9.14. The minimum Gasteiger partial charge on any atom is -0.352 e. The first-order valence-electron chi connectivity index (χ1n) is 10.3. The van der Waals surface area contributed by atoms with Gasteiger partial charge in [-0.15, -0.1) is 0 Å². The Morgan fingerprint density at radius 3 is 2.32 bits per heavy atom. The topological polar surface area (TPSA) is 88.2 Å². The number of nitrogens with one attached hydrogen (secondary N) is 2. The Hall–Kier alpha value is -3.02. The average molecular weight is 506 g/mol. The smallest absolute Gasteiger partial charge is 0.352 e. The van der Waals surface area contributed by atoms with Crippen LogP contribution < -0.4 is 10.0 Å². The van der Waals surface area contributed by atoms with E-state index in [0.717, 1.165) is 37.0 Å². The number of aryl methyl sites for hydroxylation is 1. The van der Waals surface area contributed by atoms with E-state index in [1.54, 1.807) is 4.72 Å². The molecule has 0 spiro atoms. The lowest BCUT2D eigenvalue weighted by Gasteiger charge is -2.11. The third kappa shape index (κ3) is 8.40. The summed E-state index contributed by atoms with van der Waals surface area (Å²) in [5.74, 6) is -2.75. The van der Waals surface area contributed by atoms with Crippen LogP contribution in [0.4, 0.5) is 27.6 Å². The third-order valence-corrected chi connectivity index (χ3v) is 5.16. The maximum atomic E-state index is 14.0. The highest BCUT2D eigenvalue weighted by Gasteiger charge is 2.32. The van der Waals surface area contributed by atoms with E-state index >= 15 is 0 Å². The summed E-state index contributed by atoms with van der Waals surface area (Å²) >= 11 is 0. The number of sulfonamides is 1. The molecular formula is C22H24F5N3O3S. The van der Waals surface area contributed by atoms with Crippen molar-refractivity contribution in [3.8, 4) is 0 Å². The van der Waals surface area contributed by atoms with Crippen LogP contribution in [0.5, 0.6) is 0 Å². The van der Waals surface area contributed by atoms with Gasteiger partial charge in [-0.1, -0.05) is 19.4 Å². The molecule has 2 rings (SSSR count). The van der Waals surface area contributed by atoms with Gasteiger partial charge in [0.25, 0.3) is 0 Å². The first-order chi connectivity index (χ1) is 15.8. The summed E-state index contributed by atoms with van der Waals surface area (Å²) in [5.41, 5.74) is -0.990. The van der Waals surface area contributed by atoms with Gasteiger partial charge in [0.05, 0.1) is 6.26 Å². The molecule has 2 aromatic rings. The van der Waals surface area contributed by atoms with Crippen LogP contribution in [0, 0.1) is 11.6 Å². The Balaban J connectivity index is 2.02. The molecule has 6 nitrogen and oxygen atoms in total. The molecule has 186 valence electrons. The van der Waals surface area contributed by atoms with Crippen LogP contribution in [-0.4, -0.2) is 32.1 Å². The van der Waals surface area contributed by atoms with Crippen molar-refractivity contribution in [2.45, 2.75) is 38.8 Å². The van der Waals surface area contributed by atoms with Gasteiger partial charge in [-0.05, 0) is 54.7 Å². The standard InChI is InChI=1S/C22H24F5N3O3S/c1-3-4-5-18-15(6-8-19(29-18)22(25,26)27)7-9-20(31)28-11-10-14-12-16(23)21(17(24)13-14)30-34(2,32)33/h6-9,12-13,30H,3-5,10-11H2,1-2H3,(H,28,31). The van der Waals surface area contributed by atoms with E-state index in [4.69, 9.17) is 0 Å². The SMILES string of the molecule is CCCCc1nc(C(F)(F)F)ccc1C=CC(=O)NCCc1cc(F)c(NS(C)(=O)=O)c(F)c1. The first-order valence-corrected chi connectivity index (χ1v) is 12.2. The van der Waals surface area contributed by atoms with Gasteiger partial charge in [-0.25, -0.2) is 22.2 Å². The summed E-state index contributed by atoms with van der Waals surface area (Å²) in [6, 6.07) is 4.00. The number of nitrogens with zero attached hydrogens (tertiary/aromatic N) is 1. The van der Waals surface area contributed by atoms with Gasteiger partial charge < -0.3 is 5.32 Å². The predicted octanol–water partition coefficient (Wildman–Crippen LogP) is 4.46. The molecule has 0 saturated heterocycles. The first kappa shape index (κ1) is 27.2. The lowest BCUT2D eigenvalue weighted by atomic mass is 10.1. The van der Waals surface area contributed by atoms with Gasteiger partial charge in [0, 0.05) is 18.3 Å². The van der Waals surface area contributed by atoms with E-state index in [-0.39, 0.29) is 24.2 Å². The Bertz CT molecular complexity index is 1140. The molecule has 0 saturated carbocycles. The van der Waals surface area contributed by atoms with Crippen LogP contribution >= 0.6 is 0 Å². The summed E-state index contributed by atoms with van der Waals surface area (Å²) in [6.45, 7) is 1.90. The summed E-state index contributed by atoms with van der Waals surface area (Å²) in [7, 11) is -3.87. The number of benzene rings is 1. The fourth-order valence-corrected chi connectivity index (χ4v) is 3.54. The number of alkyl halides is 3. The van der Waals surface area contributed by atoms with Gasteiger partial charge >= 0.3 is 6.18 Å². The van der Waals surface area contributed by atoms with Crippen molar-refractivity contribution in [2.75, 3.05) is 17.5 Å². The van der Waals surface area contributed by atoms with E-state index in [1.807, 2.05) is 6.92 Å². The van der Waals surface area contributed by atoms with Crippen molar-refractivity contribution < 1.29 is 35.2 Å². The van der Waals surface area contributed by atoms with E-state index in [0.29, 0.717) is 18.4 Å². The third-order valence-electron chi connectivity index (χ3n) is 4.58. The van der Waals surface area contributed by atoms with Crippen LogP contribution in [-0.2, 0) is 33.8 Å². The van der Waals surface area contributed by atoms with Crippen LogP contribution in [0.1, 0.15) is 42.3 Å². The molecular weight excluding hydrogens is 481 g/mol. The number of anilines is 1. The number of carbonyl (C=O) groups is 1. The van der Waals surface area contributed by atoms with E-state index < -0.39 is 45.1 Å². The largest absolute Gasteiger partial charge is 0.433 e. The van der Waals surface area contributed by atoms with Crippen LogP contribution in [0.3, 0.4) is 0 Å². The molecule has 0 unspecified atom stereocenters. The Labute approximate surface area is 194 Å². The Morgan fingerprint density at radius 1 is 1.12 bits per heavy atom. The monoisotopic (exact) mass is 505 g/mol. The minimum atomic E-state index is -4.57. The zero-order chi connectivity index (χ0) is 25.5. The lowest BCUT2D eigenvalue weighted by Crippen LogP contribution is -2.23. The number of rotatable bonds is 10. The second kappa shape index (κ2) is 11.4. The van der Waals surface area contributed by atoms with Crippen molar-refractivity contribution in [1.29, 1.82) is 0 Å². The van der Waals surface area contributed by atoms with Gasteiger partial charge in [-0.3, -0.25) is 9.52 Å². The zero-order valence-corrected chi connectivity index (χ0v) is 19.3. The fraction of sp³-hybridized carbons (Fsp3) is 0.364. The van der Waals surface area contributed by atoms with Crippen molar-refractivity contribution in [2.24, 2.45) is 0 Å². The molecule has 1 aromatic heterocycles. The number of aromatic nitrogens is 1. The number of pyridine rings is 1. The summed E-state index contributed by atoms with van der Waals surface area (Å²) in [4.78, 5) is 15.8. The van der Waals surface area contributed by atoms with E-state index in [9.17, 15) is 35.2 Å². The molecule has 1 heterocycles. The number of hydrogen-bond acceptors (Lipinski definition) is 4. The molecule has 0 aliphatic heterocycles. The predicted molar refractivity (Wildman–Crippen MR) is 118 cm³/mol. The number of unbranched alkanes of at least 4 members (excludes halogenated alkanes) is 1. The molecule has 0 radical (unpaired) electrons. The number of hydrogen-bond donors (Lipinski definition) is 2. The molecule has 12 heteroatoms. The van der Waals surface area contributed by atoms with Crippen LogP contribution in [0.15, 0.2) is 30.3 Å². The number of amides is 1. The van der Waals surface area contributed by atoms with Gasteiger partial charge in [0.1, 0.15) is 11.4 Å². The molecule has 0 aliphatic carbocycles. The molecule has 2 N–H and O–H groups in total. The molecule has 34 heavy (non-hydrogen) atoms. The van der Waals surface area contributed by atoms with Crippen molar-refractivity contribution in [3.63, 3.8) is 0 Å². The van der Waals surface area contributed by atoms with Gasteiger partial charge in [0.15, 0.2) is 11.6 Å². The molecule has 0 fully saturated rings. The number of carbonyl (C=O) groups excluding carboxylic acids is 1. The zero-order valence-electron chi connectivity index (χ0n) is 18.5. The second-order valence-corrected chi connectivity index (χ2v) is 9.27. The average Bonchev–Trinajstić information content (AvgIpc) is 2.72. The highest BCUT2D eigenvalue weighted by atomic mass is 32.2. The van der Waals surface area contributed by atoms with Crippen LogP contribution in [0.2, 0.25) is 0 Å². The molecule has 0 atom stereocenters. The molecule has 1 aromatic carbocycles. The van der Waals surface area contributed by atoms with Crippen molar-refractivity contribution >= 4 is 27.7 Å². The quantitative estimate of drug-likeness (QED) is 0.369. The maximum Gasteiger partial charge on any atom is 0.433 e. The van der Waals surface area contributed by atoms with Crippen LogP contribution in [0.25, 0.3) is 6.08 Å². The van der Waals surface area contributed by atoms with E-state index in [2.05, 4.69) is 10.3 Å². The van der Waals surface area contributed by atoms with Gasteiger partial charge in [0.2, 0.25) is 15.9 Å². The number of halogens is 5. The second-order valence-electron chi connectivity index (χ2n) is 7.52. The summed E-state index contributed by atoms with van der Waals surface area (Å²) in [6.07, 6.45) is 0.452. The van der Waals surface area contributed by atoms with E-state index in [1.165, 1.54) is 12.1 Å². The highest BCUT2D eigenvalue weighted by Crippen LogP contribution is 2.29. The highest BCUT2D eigenvalue weighted by molar-refractivity contribution is 7.92. The molecule has 0 bridgehead atoms. The van der Waals surface area contributed by atoms with Crippen molar-refractivity contribution in [1.82, 2.24) is 10.3 Å². The lowest BCUT2D eigenvalue weighted by molar-refractivity contribution is -0.141. The Morgan fingerprint density at radius 2 is 1.76 bits per heavy atom. The van der Waals surface area contributed by atoms with Crippen molar-refractivity contribution in [3.05, 3.63) is 64.5 Å². The normalized spacial score (nSPS) is 12.2. The molecule has 1 amide bonds. The summed E-state index contributed by atoms with van der Waals surface area (Å²) in [5, 5.41) is 2.51. The van der Waals surface area contributed by atoms with Gasteiger partial charge in [-0.2, -0.15) is 13.2 Å². The minimum absolute atomic E-state index is 0.00879. The summed E-state index contributed by atoms with van der Waals surface area (Å²) < 4.78 is 91.0. The fourth-order valence-electron chi connectivity index (χ4n) is 2.97. The molecule has 0 aliphatic rings.